The lowest BCUT2D eigenvalue weighted by atomic mass is 10.0. The van der Waals surface area contributed by atoms with Gasteiger partial charge in [-0.25, -0.2) is 10.2 Å². The van der Waals surface area contributed by atoms with Crippen LogP contribution in [-0.2, 0) is 9.53 Å². The lowest BCUT2D eigenvalue weighted by Gasteiger charge is -2.18. The zero-order valence-corrected chi connectivity index (χ0v) is 20.0. The molecule has 186 valence electrons. The Morgan fingerprint density at radius 1 is 0.944 bits per heavy atom. The number of nitrogens with one attached hydrogen (secondary N) is 2. The van der Waals surface area contributed by atoms with E-state index >= 15 is 0 Å². The second-order valence-corrected chi connectivity index (χ2v) is 7.50. The van der Waals surface area contributed by atoms with E-state index in [1.165, 1.54) is 19.4 Å². The van der Waals surface area contributed by atoms with Crippen LogP contribution in [0.2, 0.25) is 0 Å². The van der Waals surface area contributed by atoms with E-state index in [0.717, 1.165) is 5.56 Å². The molecule has 0 aliphatic rings. The van der Waals surface area contributed by atoms with Crippen LogP contribution in [0.4, 0.5) is 4.79 Å². The van der Waals surface area contributed by atoms with Crippen LogP contribution in [0, 0.1) is 0 Å². The molecule has 36 heavy (non-hydrogen) atoms. The van der Waals surface area contributed by atoms with Gasteiger partial charge in [0.25, 0.3) is 5.91 Å². The molecular formula is C27H27N3O6. The van der Waals surface area contributed by atoms with E-state index in [1.807, 2.05) is 36.4 Å². The fraction of sp³-hybridized carbons (Fsp3) is 0.185. The second kappa shape index (κ2) is 13.3. The molecule has 3 rings (SSSR count). The van der Waals surface area contributed by atoms with Gasteiger partial charge < -0.3 is 19.5 Å². The molecule has 2 amide bonds. The summed E-state index contributed by atoms with van der Waals surface area (Å²) in [5.41, 5.74) is 4.37. The maximum absolute atomic E-state index is 12.7. The quantitative estimate of drug-likeness (QED) is 0.190. The molecule has 0 aliphatic carbocycles. The van der Waals surface area contributed by atoms with Gasteiger partial charge >= 0.3 is 6.16 Å². The van der Waals surface area contributed by atoms with E-state index in [2.05, 4.69) is 15.8 Å². The largest absolute Gasteiger partial charge is 0.513 e. The van der Waals surface area contributed by atoms with Crippen molar-refractivity contribution in [1.82, 2.24) is 10.7 Å². The van der Waals surface area contributed by atoms with Gasteiger partial charge in [0.05, 0.1) is 32.4 Å². The Labute approximate surface area is 209 Å². The molecule has 0 unspecified atom stereocenters. The molecule has 3 aromatic carbocycles. The van der Waals surface area contributed by atoms with E-state index in [9.17, 15) is 14.4 Å². The molecule has 0 radical (unpaired) electrons. The van der Waals surface area contributed by atoms with Crippen molar-refractivity contribution in [3.8, 4) is 11.5 Å². The number of carbonyl (C=O) groups is 3. The van der Waals surface area contributed by atoms with Crippen LogP contribution < -0.4 is 20.2 Å². The van der Waals surface area contributed by atoms with E-state index < -0.39 is 12.2 Å². The first kappa shape index (κ1) is 26.0. The predicted octanol–water partition coefficient (Wildman–Crippen LogP) is 4.24. The zero-order chi connectivity index (χ0) is 25.8. The number of methoxy groups -OCH3 is 1. The highest BCUT2D eigenvalue weighted by atomic mass is 16.7. The van der Waals surface area contributed by atoms with Crippen LogP contribution in [-0.4, -0.2) is 37.9 Å². The normalized spacial score (nSPS) is 11.4. The molecule has 9 heteroatoms. The van der Waals surface area contributed by atoms with Crippen molar-refractivity contribution in [1.29, 1.82) is 0 Å². The molecule has 0 bridgehead atoms. The van der Waals surface area contributed by atoms with Gasteiger partial charge in [-0.3, -0.25) is 9.59 Å². The highest BCUT2D eigenvalue weighted by Crippen LogP contribution is 2.28. The average molecular weight is 490 g/mol. The number of nitrogens with zero attached hydrogens (tertiary/aromatic N) is 1. The summed E-state index contributed by atoms with van der Waals surface area (Å²) in [6.45, 7) is 1.86. The molecule has 0 aliphatic heterocycles. The molecule has 0 aromatic heterocycles. The number of hydrogen-bond acceptors (Lipinski definition) is 7. The van der Waals surface area contributed by atoms with E-state index in [1.54, 1.807) is 43.3 Å². The lowest BCUT2D eigenvalue weighted by Crippen LogP contribution is -2.32. The summed E-state index contributed by atoms with van der Waals surface area (Å²) in [5.74, 6) is -0.177. The van der Waals surface area contributed by atoms with Crippen molar-refractivity contribution in [3.63, 3.8) is 0 Å². The van der Waals surface area contributed by atoms with Crippen LogP contribution in [0.15, 0.2) is 84.0 Å². The Kier molecular flexibility index (Phi) is 9.58. The van der Waals surface area contributed by atoms with Crippen molar-refractivity contribution in [3.05, 3.63) is 95.6 Å². The first-order valence-electron chi connectivity index (χ1n) is 11.3. The van der Waals surface area contributed by atoms with Crippen molar-refractivity contribution in [2.45, 2.75) is 19.4 Å². The minimum absolute atomic E-state index is 0.0183. The first-order chi connectivity index (χ1) is 17.5. The summed E-state index contributed by atoms with van der Waals surface area (Å²) in [5, 5.41) is 6.91. The second-order valence-electron chi connectivity index (χ2n) is 7.50. The van der Waals surface area contributed by atoms with Gasteiger partial charge in [0.2, 0.25) is 5.91 Å². The summed E-state index contributed by atoms with van der Waals surface area (Å²) in [6.07, 6.45) is 0.571. The number of ether oxygens (including phenoxy) is 3. The Morgan fingerprint density at radius 3 is 2.31 bits per heavy atom. The smallest absolute Gasteiger partial charge is 0.493 e. The summed E-state index contributed by atoms with van der Waals surface area (Å²) in [6, 6.07) is 22.3. The molecule has 2 N–H and O–H groups in total. The van der Waals surface area contributed by atoms with Crippen molar-refractivity contribution >= 4 is 24.2 Å². The maximum Gasteiger partial charge on any atom is 0.513 e. The van der Waals surface area contributed by atoms with Gasteiger partial charge in [-0.2, -0.15) is 5.10 Å². The average Bonchev–Trinajstić information content (AvgIpc) is 2.90. The maximum atomic E-state index is 12.7. The summed E-state index contributed by atoms with van der Waals surface area (Å²) >= 11 is 0. The Hall–Kier alpha value is -4.66. The van der Waals surface area contributed by atoms with E-state index in [4.69, 9.17) is 14.2 Å². The van der Waals surface area contributed by atoms with Crippen molar-refractivity contribution < 1.29 is 28.6 Å². The topological polar surface area (TPSA) is 115 Å². The van der Waals surface area contributed by atoms with Gasteiger partial charge in [-0.15, -0.1) is 0 Å². The third-order valence-electron chi connectivity index (χ3n) is 4.98. The van der Waals surface area contributed by atoms with Crippen LogP contribution >= 0.6 is 0 Å². The van der Waals surface area contributed by atoms with Crippen LogP contribution in [0.5, 0.6) is 11.5 Å². The monoisotopic (exact) mass is 489 g/mol. The molecule has 0 fully saturated rings. The Morgan fingerprint density at radius 2 is 1.64 bits per heavy atom. The van der Waals surface area contributed by atoms with Crippen molar-refractivity contribution in [2.75, 3.05) is 13.7 Å². The molecule has 1 atom stereocenters. The molecule has 0 spiro atoms. The highest BCUT2D eigenvalue weighted by Gasteiger charge is 2.19. The van der Waals surface area contributed by atoms with Crippen LogP contribution in [0.1, 0.15) is 40.9 Å². The lowest BCUT2D eigenvalue weighted by molar-refractivity contribution is -0.121. The first-order valence-corrected chi connectivity index (χ1v) is 11.3. The molecule has 3 aromatic rings. The zero-order valence-electron chi connectivity index (χ0n) is 20.0. The van der Waals surface area contributed by atoms with Crippen LogP contribution in [0.3, 0.4) is 0 Å². The number of benzene rings is 3. The molecule has 9 nitrogen and oxygen atoms in total. The Balaban J connectivity index is 1.64. The van der Waals surface area contributed by atoms with Crippen LogP contribution in [0.25, 0.3) is 0 Å². The summed E-state index contributed by atoms with van der Waals surface area (Å²) < 4.78 is 15.1. The number of carbonyl (C=O) groups excluding carboxylic acids is 3. The van der Waals surface area contributed by atoms with Gasteiger partial charge in [0, 0.05) is 5.56 Å². The number of hydrogen-bond donors (Lipinski definition) is 2. The third-order valence-corrected chi connectivity index (χ3v) is 4.98. The third kappa shape index (κ3) is 7.69. The fourth-order valence-corrected chi connectivity index (χ4v) is 3.26. The fourth-order valence-electron chi connectivity index (χ4n) is 3.26. The number of rotatable bonds is 10. The summed E-state index contributed by atoms with van der Waals surface area (Å²) in [4.78, 5) is 36.9. The van der Waals surface area contributed by atoms with Gasteiger partial charge in [0.15, 0.2) is 11.5 Å². The minimum atomic E-state index is -0.836. The molecule has 0 saturated carbocycles. The Bertz CT molecular complexity index is 1200. The van der Waals surface area contributed by atoms with Crippen molar-refractivity contribution in [2.24, 2.45) is 5.10 Å². The predicted molar refractivity (Wildman–Crippen MR) is 134 cm³/mol. The molecule has 0 heterocycles. The van der Waals surface area contributed by atoms with Gasteiger partial charge in [-0.05, 0) is 48.4 Å². The SMILES string of the molecule is CCOC(=O)Oc1ccc(/C=N\NC(=O)C[C@@H](NC(=O)c2ccccc2)c2ccccc2)cc1OC. The molecule has 0 saturated heterocycles. The summed E-state index contributed by atoms with van der Waals surface area (Å²) in [7, 11) is 1.43. The van der Waals surface area contributed by atoms with E-state index in [0.29, 0.717) is 16.9 Å². The molecular weight excluding hydrogens is 462 g/mol. The minimum Gasteiger partial charge on any atom is -0.493 e. The number of hydrazone groups is 1. The standard InChI is InChI=1S/C27H27N3O6/c1-3-35-27(33)36-23-15-14-19(16-24(23)34-2)18-28-30-25(31)17-22(20-10-6-4-7-11-20)29-26(32)21-12-8-5-9-13-21/h4-16,18,22H,3,17H2,1-2H3,(H,29,32)(H,30,31)/b28-18-/t22-/m1/s1. The van der Waals surface area contributed by atoms with Gasteiger partial charge in [-0.1, -0.05) is 48.5 Å². The number of amides is 2. The van der Waals surface area contributed by atoms with E-state index in [-0.39, 0.29) is 30.6 Å². The highest BCUT2D eigenvalue weighted by molar-refractivity contribution is 5.94. The van der Waals surface area contributed by atoms with Gasteiger partial charge in [0.1, 0.15) is 0 Å².